The average Bonchev–Trinajstić information content (AvgIpc) is 2.78. The van der Waals surface area contributed by atoms with Gasteiger partial charge in [-0.25, -0.2) is 14.4 Å². The van der Waals surface area contributed by atoms with Crippen molar-refractivity contribution in [2.45, 2.75) is 32.8 Å². The van der Waals surface area contributed by atoms with E-state index in [1.54, 1.807) is 6.07 Å². The first kappa shape index (κ1) is 22.4. The van der Waals surface area contributed by atoms with E-state index >= 15 is 0 Å². The summed E-state index contributed by atoms with van der Waals surface area (Å²) in [5.74, 6) is 1.44. The van der Waals surface area contributed by atoms with Crippen molar-refractivity contribution in [3.63, 3.8) is 0 Å². The van der Waals surface area contributed by atoms with E-state index in [2.05, 4.69) is 26.9 Å². The molecule has 0 radical (unpaired) electrons. The quantitative estimate of drug-likeness (QED) is 0.616. The number of aliphatic hydroxyl groups is 1. The standard InChI is InChI=1S/C26H31FN4O/c1-19-24(17-22-10-6-7-11-25(22)27)26(29-20(2)28-19)31-14-12-30(13-15-31)18-23(32)16-21-8-4-3-5-9-21/h3-11,23,32H,12-18H2,1-2H3. The number of hydrogen-bond acceptors (Lipinski definition) is 5. The summed E-state index contributed by atoms with van der Waals surface area (Å²) >= 11 is 0. The van der Waals surface area contributed by atoms with Gasteiger partial charge in [0.05, 0.1) is 6.10 Å². The number of aromatic nitrogens is 2. The molecule has 1 fully saturated rings. The minimum Gasteiger partial charge on any atom is -0.391 e. The highest BCUT2D eigenvalue weighted by molar-refractivity contribution is 5.51. The second-order valence-electron chi connectivity index (χ2n) is 8.56. The van der Waals surface area contributed by atoms with Crippen LogP contribution in [-0.4, -0.2) is 58.8 Å². The molecule has 1 aliphatic heterocycles. The van der Waals surface area contributed by atoms with Crippen molar-refractivity contribution in [2.75, 3.05) is 37.6 Å². The highest BCUT2D eigenvalue weighted by Gasteiger charge is 2.24. The Hall–Kier alpha value is -2.83. The highest BCUT2D eigenvalue weighted by Crippen LogP contribution is 2.26. The van der Waals surface area contributed by atoms with E-state index in [1.807, 2.05) is 44.2 Å². The Bertz CT molecular complexity index is 1040. The van der Waals surface area contributed by atoms with Crippen molar-refractivity contribution in [1.29, 1.82) is 0 Å². The van der Waals surface area contributed by atoms with Gasteiger partial charge in [-0.05, 0) is 37.5 Å². The normalized spacial score (nSPS) is 15.7. The van der Waals surface area contributed by atoms with Gasteiger partial charge in [0.2, 0.25) is 0 Å². The number of halogens is 1. The zero-order valence-corrected chi connectivity index (χ0v) is 18.8. The van der Waals surface area contributed by atoms with Crippen LogP contribution in [0.3, 0.4) is 0 Å². The molecule has 1 unspecified atom stereocenters. The van der Waals surface area contributed by atoms with E-state index in [-0.39, 0.29) is 11.9 Å². The van der Waals surface area contributed by atoms with E-state index in [9.17, 15) is 9.50 Å². The van der Waals surface area contributed by atoms with Crippen LogP contribution in [0, 0.1) is 19.7 Å². The van der Waals surface area contributed by atoms with Crippen LogP contribution in [-0.2, 0) is 12.8 Å². The van der Waals surface area contributed by atoms with Crippen LogP contribution >= 0.6 is 0 Å². The maximum Gasteiger partial charge on any atom is 0.136 e. The van der Waals surface area contributed by atoms with Gasteiger partial charge in [0.15, 0.2) is 0 Å². The third-order valence-electron chi connectivity index (χ3n) is 6.08. The molecule has 0 saturated carbocycles. The van der Waals surface area contributed by atoms with Crippen LogP contribution < -0.4 is 4.90 Å². The van der Waals surface area contributed by atoms with E-state index in [4.69, 9.17) is 4.98 Å². The number of aliphatic hydroxyl groups excluding tert-OH is 1. The lowest BCUT2D eigenvalue weighted by Crippen LogP contribution is -2.49. The van der Waals surface area contributed by atoms with Gasteiger partial charge in [-0.1, -0.05) is 48.5 Å². The Morgan fingerprint density at radius 3 is 2.34 bits per heavy atom. The predicted molar refractivity (Wildman–Crippen MR) is 126 cm³/mol. The van der Waals surface area contributed by atoms with Crippen LogP contribution in [0.1, 0.15) is 28.2 Å². The highest BCUT2D eigenvalue weighted by atomic mass is 19.1. The third kappa shape index (κ3) is 5.50. The van der Waals surface area contributed by atoms with Gasteiger partial charge in [-0.2, -0.15) is 0 Å². The number of aryl methyl sites for hydroxylation is 2. The molecular formula is C26H31FN4O. The zero-order valence-electron chi connectivity index (χ0n) is 18.8. The molecular weight excluding hydrogens is 403 g/mol. The predicted octanol–water partition coefficient (Wildman–Crippen LogP) is 3.55. The SMILES string of the molecule is Cc1nc(C)c(Cc2ccccc2F)c(N2CCN(CC(O)Cc3ccccc3)CC2)n1. The van der Waals surface area contributed by atoms with Gasteiger partial charge in [0.1, 0.15) is 17.5 Å². The molecule has 5 nitrogen and oxygen atoms in total. The molecule has 32 heavy (non-hydrogen) atoms. The Morgan fingerprint density at radius 1 is 0.938 bits per heavy atom. The summed E-state index contributed by atoms with van der Waals surface area (Å²) < 4.78 is 14.3. The molecule has 1 atom stereocenters. The molecule has 6 heteroatoms. The van der Waals surface area contributed by atoms with Gasteiger partial charge in [0.25, 0.3) is 0 Å². The Kier molecular flexibility index (Phi) is 7.12. The molecule has 0 bridgehead atoms. The van der Waals surface area contributed by atoms with Gasteiger partial charge in [-0.15, -0.1) is 0 Å². The topological polar surface area (TPSA) is 52.5 Å². The van der Waals surface area contributed by atoms with Crippen LogP contribution in [0.4, 0.5) is 10.2 Å². The summed E-state index contributed by atoms with van der Waals surface area (Å²) in [6.45, 7) is 7.88. The first-order valence-corrected chi connectivity index (χ1v) is 11.3. The lowest BCUT2D eigenvalue weighted by molar-refractivity contribution is 0.109. The fourth-order valence-electron chi connectivity index (χ4n) is 4.41. The number of hydrogen-bond donors (Lipinski definition) is 1. The molecule has 1 aromatic heterocycles. The van der Waals surface area contributed by atoms with Crippen molar-refractivity contribution in [3.05, 3.63) is 88.6 Å². The van der Waals surface area contributed by atoms with Crippen LogP contribution in [0.2, 0.25) is 0 Å². The monoisotopic (exact) mass is 434 g/mol. The van der Waals surface area contributed by atoms with Gasteiger partial charge < -0.3 is 10.0 Å². The Labute approximate surface area is 189 Å². The van der Waals surface area contributed by atoms with Crippen molar-refractivity contribution >= 4 is 5.82 Å². The summed E-state index contributed by atoms with van der Waals surface area (Å²) in [7, 11) is 0. The molecule has 1 N–H and O–H groups in total. The van der Waals surface area contributed by atoms with E-state index in [0.29, 0.717) is 24.9 Å². The largest absolute Gasteiger partial charge is 0.391 e. The molecule has 2 aromatic carbocycles. The van der Waals surface area contributed by atoms with Gasteiger partial charge >= 0.3 is 0 Å². The average molecular weight is 435 g/mol. The Morgan fingerprint density at radius 2 is 1.62 bits per heavy atom. The minimum atomic E-state index is -0.385. The van der Waals surface area contributed by atoms with Crippen molar-refractivity contribution in [1.82, 2.24) is 14.9 Å². The summed E-state index contributed by atoms with van der Waals surface area (Å²) in [5.41, 5.74) is 3.70. The minimum absolute atomic E-state index is 0.198. The van der Waals surface area contributed by atoms with E-state index in [1.165, 1.54) is 6.07 Å². The lowest BCUT2D eigenvalue weighted by Gasteiger charge is -2.37. The van der Waals surface area contributed by atoms with Crippen molar-refractivity contribution < 1.29 is 9.50 Å². The maximum absolute atomic E-state index is 14.3. The zero-order chi connectivity index (χ0) is 22.5. The summed E-state index contributed by atoms with van der Waals surface area (Å²) in [6, 6.07) is 17.0. The fraction of sp³-hybridized carbons (Fsp3) is 0.385. The third-order valence-corrected chi connectivity index (χ3v) is 6.08. The molecule has 0 amide bonds. The molecule has 1 aliphatic rings. The smallest absolute Gasteiger partial charge is 0.136 e. The molecule has 4 rings (SSSR count). The fourth-order valence-corrected chi connectivity index (χ4v) is 4.41. The lowest BCUT2D eigenvalue weighted by atomic mass is 10.0. The molecule has 0 aliphatic carbocycles. The molecule has 0 spiro atoms. The Balaban J connectivity index is 1.42. The summed E-state index contributed by atoms with van der Waals surface area (Å²) in [6.07, 6.45) is 0.756. The van der Waals surface area contributed by atoms with E-state index in [0.717, 1.165) is 54.6 Å². The molecule has 1 saturated heterocycles. The maximum atomic E-state index is 14.3. The van der Waals surface area contributed by atoms with Crippen LogP contribution in [0.25, 0.3) is 0 Å². The second kappa shape index (κ2) is 10.2. The number of piperazine rings is 1. The van der Waals surface area contributed by atoms with Gasteiger partial charge in [-0.3, -0.25) is 4.90 Å². The number of β-amino-alcohol motifs (C(OH)–C–C–N with tert-alkyl or cyclic N) is 1. The number of benzene rings is 2. The van der Waals surface area contributed by atoms with Crippen LogP contribution in [0.5, 0.6) is 0 Å². The molecule has 2 heterocycles. The number of anilines is 1. The first-order chi connectivity index (χ1) is 15.5. The van der Waals surface area contributed by atoms with E-state index < -0.39 is 0 Å². The molecule has 3 aromatic rings. The van der Waals surface area contributed by atoms with Crippen molar-refractivity contribution in [3.8, 4) is 0 Å². The first-order valence-electron chi connectivity index (χ1n) is 11.3. The second-order valence-corrected chi connectivity index (χ2v) is 8.56. The summed E-state index contributed by atoms with van der Waals surface area (Å²) in [5, 5.41) is 10.5. The molecule has 168 valence electrons. The van der Waals surface area contributed by atoms with Crippen LogP contribution in [0.15, 0.2) is 54.6 Å². The number of nitrogens with zero attached hydrogens (tertiary/aromatic N) is 4. The summed E-state index contributed by atoms with van der Waals surface area (Å²) in [4.78, 5) is 13.9. The van der Waals surface area contributed by atoms with Crippen molar-refractivity contribution in [2.24, 2.45) is 0 Å². The van der Waals surface area contributed by atoms with Gasteiger partial charge in [0, 0.05) is 50.4 Å². The number of rotatable bonds is 7.